The molecular weight excluding hydrogens is 266 g/mol. The van der Waals surface area contributed by atoms with E-state index in [9.17, 15) is 13.5 Å². The van der Waals surface area contributed by atoms with Gasteiger partial charge in [-0.15, -0.1) is 0 Å². The molecule has 0 aromatic carbocycles. The molecule has 1 fully saturated rings. The molecule has 0 radical (unpaired) electrons. The lowest BCUT2D eigenvalue weighted by Gasteiger charge is -2.25. The van der Waals surface area contributed by atoms with Crippen LogP contribution in [0.1, 0.15) is 25.7 Å². The molecule has 2 rings (SSSR count). The molecule has 1 aliphatic carbocycles. The summed E-state index contributed by atoms with van der Waals surface area (Å²) in [7, 11) is -3.63. The first-order chi connectivity index (χ1) is 8.99. The maximum absolute atomic E-state index is 12.1. The Labute approximate surface area is 113 Å². The summed E-state index contributed by atoms with van der Waals surface area (Å²) in [6.45, 7) is 0.327. The van der Waals surface area contributed by atoms with E-state index in [2.05, 4.69) is 9.71 Å². The van der Waals surface area contributed by atoms with E-state index in [1.165, 1.54) is 18.3 Å². The zero-order valence-electron chi connectivity index (χ0n) is 10.6. The van der Waals surface area contributed by atoms with Crippen LogP contribution in [0.2, 0.25) is 0 Å². The molecule has 1 aromatic rings. The number of aliphatic hydroxyl groups excluding tert-OH is 1. The van der Waals surface area contributed by atoms with E-state index in [1.807, 2.05) is 0 Å². The van der Waals surface area contributed by atoms with Gasteiger partial charge in [0.05, 0.1) is 6.10 Å². The molecule has 1 heterocycles. The molecule has 0 amide bonds. The van der Waals surface area contributed by atoms with Crippen LogP contribution in [0.25, 0.3) is 0 Å². The lowest BCUT2D eigenvalue weighted by molar-refractivity contribution is 0.102. The van der Waals surface area contributed by atoms with Crippen LogP contribution >= 0.6 is 0 Å². The van der Waals surface area contributed by atoms with Crippen molar-refractivity contribution in [2.75, 3.05) is 12.3 Å². The third kappa shape index (κ3) is 3.65. The van der Waals surface area contributed by atoms with Gasteiger partial charge in [-0.3, -0.25) is 0 Å². The third-order valence-electron chi connectivity index (χ3n) is 3.41. The predicted octanol–water partition coefficient (Wildman–Crippen LogP) is 0.493. The molecule has 2 atom stereocenters. The number of hydrogen-bond donors (Lipinski definition) is 3. The van der Waals surface area contributed by atoms with E-state index in [1.54, 1.807) is 0 Å². The van der Waals surface area contributed by atoms with Crippen LogP contribution in [0.4, 0.5) is 5.82 Å². The molecule has 106 valence electrons. The Balaban J connectivity index is 2.00. The maximum Gasteiger partial charge on any atom is 0.244 e. The molecule has 0 spiro atoms. The molecule has 0 aliphatic heterocycles. The number of nitrogens with two attached hydrogens (primary N) is 1. The smallest absolute Gasteiger partial charge is 0.244 e. The summed E-state index contributed by atoms with van der Waals surface area (Å²) in [5.74, 6) is 0.176. The minimum Gasteiger partial charge on any atom is -0.393 e. The monoisotopic (exact) mass is 285 g/mol. The average molecular weight is 285 g/mol. The first-order valence-corrected chi connectivity index (χ1v) is 7.85. The van der Waals surface area contributed by atoms with Crippen LogP contribution in [0, 0.1) is 5.92 Å². The van der Waals surface area contributed by atoms with Gasteiger partial charge < -0.3 is 10.8 Å². The molecule has 6 nitrogen and oxygen atoms in total. The fraction of sp³-hybridized carbons (Fsp3) is 0.583. The van der Waals surface area contributed by atoms with Crippen molar-refractivity contribution in [1.29, 1.82) is 0 Å². The summed E-state index contributed by atoms with van der Waals surface area (Å²) in [6.07, 6.45) is 4.45. The van der Waals surface area contributed by atoms with Gasteiger partial charge in [-0.25, -0.2) is 18.1 Å². The molecular formula is C12H19N3O3S. The summed E-state index contributed by atoms with van der Waals surface area (Å²) >= 11 is 0. The van der Waals surface area contributed by atoms with Gasteiger partial charge in [0.1, 0.15) is 10.7 Å². The molecule has 0 saturated heterocycles. The highest BCUT2D eigenvalue weighted by Crippen LogP contribution is 2.24. The minimum atomic E-state index is -3.63. The standard InChI is InChI=1S/C12H19N3O3S/c13-12-11(5-2-6-14-12)19(17,18)15-8-9-3-1-4-10(16)7-9/h2,5-6,9-10,15-16H,1,3-4,7-8H2,(H2,13,14). The number of aromatic nitrogens is 1. The number of hydrogen-bond acceptors (Lipinski definition) is 5. The highest BCUT2D eigenvalue weighted by atomic mass is 32.2. The fourth-order valence-corrected chi connectivity index (χ4v) is 3.58. The number of pyridine rings is 1. The summed E-state index contributed by atoms with van der Waals surface area (Å²) in [4.78, 5) is 3.78. The number of rotatable bonds is 4. The zero-order chi connectivity index (χ0) is 13.9. The van der Waals surface area contributed by atoms with E-state index in [-0.39, 0.29) is 22.7 Å². The van der Waals surface area contributed by atoms with Crippen molar-refractivity contribution < 1.29 is 13.5 Å². The number of sulfonamides is 1. The van der Waals surface area contributed by atoms with E-state index in [4.69, 9.17) is 5.73 Å². The Morgan fingerprint density at radius 1 is 1.47 bits per heavy atom. The highest BCUT2D eigenvalue weighted by molar-refractivity contribution is 7.89. The van der Waals surface area contributed by atoms with Gasteiger partial charge in [0.15, 0.2) is 0 Å². The third-order valence-corrected chi connectivity index (χ3v) is 4.88. The molecule has 7 heteroatoms. The van der Waals surface area contributed by atoms with E-state index in [0.717, 1.165) is 19.3 Å². The second-order valence-electron chi connectivity index (χ2n) is 4.93. The van der Waals surface area contributed by atoms with Crippen molar-refractivity contribution in [3.05, 3.63) is 18.3 Å². The van der Waals surface area contributed by atoms with Crippen LogP contribution in [0.5, 0.6) is 0 Å². The fourth-order valence-electron chi connectivity index (χ4n) is 2.38. The molecule has 1 saturated carbocycles. The SMILES string of the molecule is Nc1ncccc1S(=O)(=O)NCC1CCCC(O)C1. The number of anilines is 1. The minimum absolute atomic E-state index is 0.00122. The van der Waals surface area contributed by atoms with Gasteiger partial charge in [0, 0.05) is 12.7 Å². The predicted molar refractivity (Wildman–Crippen MR) is 71.8 cm³/mol. The summed E-state index contributed by atoms with van der Waals surface area (Å²) in [5.41, 5.74) is 5.57. The Bertz CT molecular complexity index is 533. The van der Waals surface area contributed by atoms with Gasteiger partial charge >= 0.3 is 0 Å². The van der Waals surface area contributed by atoms with Crippen molar-refractivity contribution in [2.24, 2.45) is 5.92 Å². The summed E-state index contributed by atoms with van der Waals surface area (Å²) < 4.78 is 26.7. The Morgan fingerprint density at radius 3 is 2.95 bits per heavy atom. The van der Waals surface area contributed by atoms with Gasteiger partial charge in [-0.1, -0.05) is 6.42 Å². The highest BCUT2D eigenvalue weighted by Gasteiger charge is 2.23. The van der Waals surface area contributed by atoms with Crippen molar-refractivity contribution in [3.63, 3.8) is 0 Å². The Hall–Kier alpha value is -1.18. The molecule has 4 N–H and O–H groups in total. The van der Waals surface area contributed by atoms with Crippen LogP contribution in [-0.2, 0) is 10.0 Å². The first-order valence-electron chi connectivity index (χ1n) is 6.37. The van der Waals surface area contributed by atoms with Gasteiger partial charge in [-0.05, 0) is 37.3 Å². The largest absolute Gasteiger partial charge is 0.393 e. The molecule has 0 bridgehead atoms. The maximum atomic E-state index is 12.1. The normalized spacial score (nSPS) is 24.3. The second-order valence-corrected chi connectivity index (χ2v) is 6.66. The lowest BCUT2D eigenvalue weighted by atomic mass is 9.87. The van der Waals surface area contributed by atoms with Crippen molar-refractivity contribution in [2.45, 2.75) is 36.7 Å². The van der Waals surface area contributed by atoms with Gasteiger partial charge in [0.25, 0.3) is 0 Å². The molecule has 1 aliphatic rings. The molecule has 19 heavy (non-hydrogen) atoms. The van der Waals surface area contributed by atoms with Gasteiger partial charge in [-0.2, -0.15) is 0 Å². The van der Waals surface area contributed by atoms with Crippen LogP contribution in [-0.4, -0.2) is 31.2 Å². The van der Waals surface area contributed by atoms with Crippen LogP contribution in [0.3, 0.4) is 0 Å². The van der Waals surface area contributed by atoms with E-state index < -0.39 is 10.0 Å². The second kappa shape index (κ2) is 5.85. The van der Waals surface area contributed by atoms with Crippen LogP contribution < -0.4 is 10.5 Å². The van der Waals surface area contributed by atoms with Crippen molar-refractivity contribution in [3.8, 4) is 0 Å². The van der Waals surface area contributed by atoms with Crippen molar-refractivity contribution >= 4 is 15.8 Å². The number of nitrogen functional groups attached to an aromatic ring is 1. The van der Waals surface area contributed by atoms with E-state index in [0.29, 0.717) is 13.0 Å². The number of nitrogens with zero attached hydrogens (tertiary/aromatic N) is 1. The Kier molecular flexibility index (Phi) is 4.38. The first kappa shape index (κ1) is 14.2. The summed E-state index contributed by atoms with van der Waals surface area (Å²) in [6, 6.07) is 2.97. The molecule has 2 unspecified atom stereocenters. The zero-order valence-corrected chi connectivity index (χ0v) is 11.4. The van der Waals surface area contributed by atoms with Gasteiger partial charge in [0.2, 0.25) is 10.0 Å². The lowest BCUT2D eigenvalue weighted by Crippen LogP contribution is -2.33. The number of nitrogens with one attached hydrogen (secondary N) is 1. The molecule has 1 aromatic heterocycles. The average Bonchev–Trinajstić information content (AvgIpc) is 2.37. The Morgan fingerprint density at radius 2 is 2.26 bits per heavy atom. The quantitative estimate of drug-likeness (QED) is 0.747. The topological polar surface area (TPSA) is 105 Å². The van der Waals surface area contributed by atoms with Crippen LogP contribution in [0.15, 0.2) is 23.2 Å². The summed E-state index contributed by atoms with van der Waals surface area (Å²) in [5, 5.41) is 9.56. The van der Waals surface area contributed by atoms with Crippen molar-refractivity contribution in [1.82, 2.24) is 9.71 Å². The van der Waals surface area contributed by atoms with E-state index >= 15 is 0 Å². The number of aliphatic hydroxyl groups is 1.